The number of carbonyl (C=O) groups is 5. The van der Waals surface area contributed by atoms with Gasteiger partial charge >= 0.3 is 19.8 Å². The van der Waals surface area contributed by atoms with E-state index in [1.165, 1.54) is 203 Å². The average Bonchev–Trinajstić information content (AvgIpc) is 1.60. The number of carbonyl (C=O) groups excluding carboxylic acids is 3. The lowest BCUT2D eigenvalue weighted by Crippen LogP contribution is -2.37. The standard InChI is InChI=1S/C31H37NO3S.C26H22N2O5.C24H42O.C23H47O5P/c33-30(16-10-2-1-5-11-25-12-6-3-7-13-25)32-28(19-22-31(34)35)24-36-29-20-17-27(18-21-29)23-26-14-8-4-9-15-26;1-16-23(25(31)26(27)32)24-20(12-7-13-21(24)33-15-22(29)30)28(16)14-18-10-5-6-11-19(18)17-8-3-2-4-9-17;1-3-5-6-7-8-9-10-11-12-13-14-15-16-19-22-25-24-21-18-17-20-23(24)4-2;1-3-4-5-6-7-8-9-10-11-12-13-14-15-18-21-27-22-19-16-17-20-23(22)28-29(24,25)26-2/h3-4,6-9,12-15,17-18,20-21,28H,1-2,5,10-11,16,19,22-24H2,(H,32,33)(H,34,35);2-13H,14-15H2,1H3,(H2,27,32)(H,29,30);17-18,20-21H,3-16,19,22H2,1-2H3;22-23H,3-21H2,1-2H3,(H,24,25)/t28-;;;22-,23?/m0..1/s1. The Kier molecular flexibility index (Phi) is 53.4. The van der Waals surface area contributed by atoms with Gasteiger partial charge in [-0.3, -0.25) is 28.2 Å². The fourth-order valence-electron chi connectivity index (χ4n) is 15.8. The molecule has 674 valence electrons. The number of ether oxygens (including phenoxy) is 3. The number of unbranched alkanes of at least 4 members (excludes halogenated alkanes) is 29. The van der Waals surface area contributed by atoms with Crippen molar-refractivity contribution in [3.8, 4) is 22.6 Å². The van der Waals surface area contributed by atoms with E-state index in [0.717, 1.165) is 111 Å². The molecule has 1 aliphatic carbocycles. The monoisotopic (exact) mass is 1730 g/mol. The highest BCUT2D eigenvalue weighted by molar-refractivity contribution is 7.99. The summed E-state index contributed by atoms with van der Waals surface area (Å²) in [6.45, 7) is 9.91. The first-order chi connectivity index (χ1) is 59.9. The Morgan fingerprint density at radius 2 is 1.00 bits per heavy atom. The van der Waals surface area contributed by atoms with Crippen LogP contribution in [0.2, 0.25) is 0 Å². The molecule has 1 fully saturated rings. The van der Waals surface area contributed by atoms with E-state index in [9.17, 15) is 33.4 Å². The number of nitrogens with zero attached hydrogens (tertiary/aromatic N) is 1. The maximum absolute atomic E-state index is 12.8. The minimum absolute atomic E-state index is 0.0206. The second kappa shape index (κ2) is 63.5. The van der Waals surface area contributed by atoms with Crippen molar-refractivity contribution >= 4 is 60.0 Å². The molecule has 4 atom stereocenters. The van der Waals surface area contributed by atoms with Gasteiger partial charge in [0.25, 0.3) is 11.7 Å². The number of primary amides is 1. The average molecular weight is 1730 g/mol. The van der Waals surface area contributed by atoms with E-state index < -0.39 is 38.1 Å². The molecule has 1 saturated carbocycles. The summed E-state index contributed by atoms with van der Waals surface area (Å²) in [5.41, 5.74) is 15.0. The molecule has 2 amide bonds. The number of phosphoric acid groups is 1. The number of hydrogen-bond acceptors (Lipinski definition) is 12. The van der Waals surface area contributed by atoms with Gasteiger partial charge in [0, 0.05) is 55.5 Å². The number of rotatable bonds is 60. The van der Waals surface area contributed by atoms with E-state index in [4.69, 9.17) is 34.7 Å². The van der Waals surface area contributed by atoms with Crippen molar-refractivity contribution < 1.29 is 66.9 Å². The number of ketones is 1. The summed E-state index contributed by atoms with van der Waals surface area (Å²) in [7, 11) is -2.73. The third kappa shape index (κ3) is 43.4. The van der Waals surface area contributed by atoms with Gasteiger partial charge in [-0.05, 0) is 140 Å². The van der Waals surface area contributed by atoms with Gasteiger partial charge in [0.2, 0.25) is 5.91 Å². The van der Waals surface area contributed by atoms with Crippen LogP contribution in [0.15, 0.2) is 187 Å². The van der Waals surface area contributed by atoms with E-state index in [0.29, 0.717) is 48.3 Å². The molecule has 1 heterocycles. The van der Waals surface area contributed by atoms with Gasteiger partial charge in [0.05, 0.1) is 35.3 Å². The van der Waals surface area contributed by atoms with Gasteiger partial charge in [0.1, 0.15) is 11.5 Å². The Morgan fingerprint density at radius 3 is 1.55 bits per heavy atom. The SMILES string of the molecule is CCCCCCCCCCCCCCCCO[C@@H]1CCCCC1OP(=O)(O)OC.CCCCCCCCCCCCCCCCOc1ccccc1CC.Cc1c(C(=O)C(N)=O)c2c(OCC(=O)O)cccc2n1Cc1ccccc1-c1ccccc1.O=C(O)CC[C@@H](CSc1ccc(Cc2ccccc2)cc1)NC(=O)CCCCCCc1ccccc1. The molecule has 0 bridgehead atoms. The van der Waals surface area contributed by atoms with Crippen LogP contribution in [0, 0.1) is 6.92 Å². The lowest BCUT2D eigenvalue weighted by atomic mass is 9.95. The van der Waals surface area contributed by atoms with Gasteiger partial charge in [-0.2, -0.15) is 0 Å². The molecule has 0 saturated heterocycles. The summed E-state index contributed by atoms with van der Waals surface area (Å²) in [4.78, 5) is 69.9. The number of aromatic nitrogens is 1. The van der Waals surface area contributed by atoms with Crippen molar-refractivity contribution in [1.29, 1.82) is 0 Å². The number of para-hydroxylation sites is 1. The molecule has 1 aliphatic rings. The Balaban J connectivity index is 0.000000256. The molecule has 7 aromatic carbocycles. The lowest BCUT2D eigenvalue weighted by Gasteiger charge is -2.31. The summed E-state index contributed by atoms with van der Waals surface area (Å²) < 4.78 is 40.8. The summed E-state index contributed by atoms with van der Waals surface area (Å²) >= 11 is 1.66. The number of nitrogens with two attached hydrogens (primary N) is 1. The first-order valence-corrected chi connectivity index (χ1v) is 49.1. The molecule has 8 aromatic rings. The second-order valence-electron chi connectivity index (χ2n) is 32.8. The molecule has 17 nitrogen and oxygen atoms in total. The second-order valence-corrected chi connectivity index (χ2v) is 35.4. The highest BCUT2D eigenvalue weighted by Crippen LogP contribution is 2.46. The van der Waals surface area contributed by atoms with Crippen molar-refractivity contribution in [1.82, 2.24) is 9.88 Å². The third-order valence-corrected chi connectivity index (χ3v) is 25.0. The minimum atomic E-state index is -3.93. The fourth-order valence-corrected chi connectivity index (χ4v) is 17.4. The summed E-state index contributed by atoms with van der Waals surface area (Å²) in [6.07, 6.45) is 50.0. The number of aliphatic carboxylic acids is 2. The Hall–Kier alpha value is -8.35. The van der Waals surface area contributed by atoms with Crippen LogP contribution in [-0.4, -0.2) is 100 Å². The van der Waals surface area contributed by atoms with Crippen molar-refractivity contribution in [2.24, 2.45) is 5.73 Å². The molecule has 19 heteroatoms. The van der Waals surface area contributed by atoms with Crippen molar-refractivity contribution in [2.75, 3.05) is 32.7 Å². The first kappa shape index (κ1) is 103. The largest absolute Gasteiger partial charge is 0.493 e. The van der Waals surface area contributed by atoms with E-state index in [1.54, 1.807) is 36.9 Å². The summed E-state index contributed by atoms with van der Waals surface area (Å²) in [6, 6.07) is 60.6. The molecule has 0 spiro atoms. The third-order valence-electron chi connectivity index (χ3n) is 22.8. The number of benzene rings is 7. The zero-order chi connectivity index (χ0) is 88.2. The van der Waals surface area contributed by atoms with Crippen LogP contribution in [0.4, 0.5) is 0 Å². The van der Waals surface area contributed by atoms with E-state index in [1.807, 2.05) is 71.3 Å². The van der Waals surface area contributed by atoms with Crippen LogP contribution < -0.4 is 20.5 Å². The number of amides is 2. The minimum Gasteiger partial charge on any atom is -0.493 e. The predicted octanol–water partition coefficient (Wildman–Crippen LogP) is 26.4. The van der Waals surface area contributed by atoms with Crippen LogP contribution in [0.25, 0.3) is 22.0 Å². The van der Waals surface area contributed by atoms with Gasteiger partial charge in [-0.1, -0.05) is 365 Å². The van der Waals surface area contributed by atoms with Gasteiger partial charge in [0.15, 0.2) is 6.61 Å². The Morgan fingerprint density at radius 1 is 0.512 bits per heavy atom. The quantitative estimate of drug-likeness (QED) is 0.00781. The van der Waals surface area contributed by atoms with Crippen LogP contribution in [-0.2, 0) is 63.3 Å². The fraction of sp³-hybridized carbons (Fsp3) is 0.529. The van der Waals surface area contributed by atoms with E-state index in [-0.39, 0.29) is 41.9 Å². The zero-order valence-electron chi connectivity index (χ0n) is 75.0. The number of nitrogens with one attached hydrogen (secondary N) is 1. The molecule has 1 aromatic heterocycles. The molecule has 0 radical (unpaired) electrons. The van der Waals surface area contributed by atoms with Gasteiger partial charge in [-0.25, -0.2) is 9.36 Å². The van der Waals surface area contributed by atoms with Gasteiger partial charge in [-0.15, -0.1) is 11.8 Å². The molecular weight excluding hydrogens is 1580 g/mol. The number of hydrogen-bond donors (Lipinski definition) is 5. The number of fused-ring (bicyclic) bond motifs is 1. The predicted molar refractivity (Wildman–Crippen MR) is 505 cm³/mol. The molecule has 123 heavy (non-hydrogen) atoms. The maximum atomic E-state index is 12.8. The topological polar surface area (TPSA) is 252 Å². The molecule has 6 N–H and O–H groups in total. The van der Waals surface area contributed by atoms with Crippen molar-refractivity contribution in [2.45, 2.75) is 327 Å². The number of phosphoric ester groups is 1. The number of thioether (sulfide) groups is 1. The number of carboxylic acids is 2. The summed E-state index contributed by atoms with van der Waals surface area (Å²) in [5.74, 6) is -1.95. The molecule has 0 aliphatic heterocycles. The normalized spacial score (nSPS) is 13.7. The van der Waals surface area contributed by atoms with Crippen LogP contribution in [0.1, 0.15) is 315 Å². The smallest absolute Gasteiger partial charge is 0.472 e. The number of Topliss-reactive ketones (excluding diaryl/α,β-unsaturated/α-hetero) is 1. The van der Waals surface area contributed by atoms with E-state index in [2.05, 4.69) is 128 Å². The first-order valence-electron chi connectivity index (χ1n) is 46.6. The van der Waals surface area contributed by atoms with Crippen LogP contribution in [0.3, 0.4) is 0 Å². The Bertz CT molecular complexity index is 4240. The van der Waals surface area contributed by atoms with Crippen molar-refractivity contribution in [3.63, 3.8) is 0 Å². The zero-order valence-corrected chi connectivity index (χ0v) is 76.7. The lowest BCUT2D eigenvalue weighted by molar-refractivity contribution is -0.139. The number of aryl methyl sites for hydroxylation is 2. The highest BCUT2D eigenvalue weighted by atomic mass is 32.2. The molecule has 9 rings (SSSR count). The molecular formula is C104H148N3O14PS. The van der Waals surface area contributed by atoms with Crippen LogP contribution >= 0.6 is 19.6 Å². The maximum Gasteiger partial charge on any atom is 0.472 e. The Labute approximate surface area is 741 Å². The molecule has 2 unspecified atom stereocenters. The van der Waals surface area contributed by atoms with Gasteiger partial charge < -0.3 is 44.9 Å². The van der Waals surface area contributed by atoms with Crippen LogP contribution in [0.5, 0.6) is 11.5 Å². The number of carboxylic acid groups (broad SMARTS) is 2. The van der Waals surface area contributed by atoms with Crippen molar-refractivity contribution in [3.05, 3.63) is 221 Å². The summed E-state index contributed by atoms with van der Waals surface area (Å²) in [5, 5.41) is 21.6. The highest BCUT2D eigenvalue weighted by Gasteiger charge is 2.34. The van der Waals surface area contributed by atoms with E-state index >= 15 is 0 Å².